The Morgan fingerprint density at radius 1 is 1.41 bits per heavy atom. The molecule has 17 heavy (non-hydrogen) atoms. The van der Waals surface area contributed by atoms with Crippen LogP contribution in [0.25, 0.3) is 0 Å². The molecule has 0 fully saturated rings. The van der Waals surface area contributed by atoms with Gasteiger partial charge >= 0.3 is 0 Å². The first-order chi connectivity index (χ1) is 8.29. The second-order valence-electron chi connectivity index (χ2n) is 4.84. The first-order valence-corrected chi connectivity index (χ1v) is 7.61. The molecule has 1 aromatic rings. The fourth-order valence-corrected chi connectivity index (χ4v) is 3.31. The van der Waals surface area contributed by atoms with Crippen LogP contribution in [0.5, 0.6) is 0 Å². The van der Waals surface area contributed by atoms with Crippen molar-refractivity contribution in [3.63, 3.8) is 0 Å². The lowest BCUT2D eigenvalue weighted by Gasteiger charge is -2.12. The summed E-state index contributed by atoms with van der Waals surface area (Å²) in [6.07, 6.45) is 8.81. The second-order valence-corrected chi connectivity index (χ2v) is 6.04. The van der Waals surface area contributed by atoms with E-state index < -0.39 is 0 Å². The number of allylic oxidation sites excluding steroid dienone is 1. The fraction of sp³-hybridized carbons (Fsp3) is 0.600. The fourth-order valence-electron chi connectivity index (χ4n) is 2.33. The third kappa shape index (κ3) is 3.68. The second kappa shape index (κ2) is 6.36. The summed E-state index contributed by atoms with van der Waals surface area (Å²) >= 11 is 1.95. The van der Waals surface area contributed by atoms with Gasteiger partial charge in [0.25, 0.3) is 0 Å². The summed E-state index contributed by atoms with van der Waals surface area (Å²) in [7, 11) is 0. The molecule has 0 aromatic carbocycles. The van der Waals surface area contributed by atoms with E-state index in [9.17, 15) is 0 Å². The van der Waals surface area contributed by atoms with E-state index in [2.05, 4.69) is 37.4 Å². The maximum Gasteiger partial charge on any atom is 0.0386 e. The average Bonchev–Trinajstić information content (AvgIpc) is 2.99. The van der Waals surface area contributed by atoms with Crippen LogP contribution in [-0.4, -0.2) is 6.54 Å². The highest BCUT2D eigenvalue weighted by molar-refractivity contribution is 7.12. The van der Waals surface area contributed by atoms with Gasteiger partial charge in [-0.05, 0) is 57.7 Å². The monoisotopic (exact) mass is 249 g/mol. The number of nitrogens with one attached hydrogen (secondary N) is 1. The molecule has 1 aromatic heterocycles. The lowest BCUT2D eigenvalue weighted by Crippen LogP contribution is -2.19. The van der Waals surface area contributed by atoms with Crippen molar-refractivity contribution >= 4 is 11.3 Å². The van der Waals surface area contributed by atoms with E-state index in [-0.39, 0.29) is 0 Å². The number of hydrogen-bond donors (Lipinski definition) is 1. The van der Waals surface area contributed by atoms with Crippen molar-refractivity contribution in [2.24, 2.45) is 0 Å². The van der Waals surface area contributed by atoms with Gasteiger partial charge < -0.3 is 5.32 Å². The first-order valence-electron chi connectivity index (χ1n) is 6.79. The van der Waals surface area contributed by atoms with Crippen LogP contribution in [0.1, 0.15) is 55.3 Å². The van der Waals surface area contributed by atoms with Gasteiger partial charge in [-0.2, -0.15) is 0 Å². The molecule has 1 aliphatic carbocycles. The van der Waals surface area contributed by atoms with Crippen molar-refractivity contribution in [2.45, 2.75) is 52.0 Å². The molecular formula is C15H23NS. The van der Waals surface area contributed by atoms with Gasteiger partial charge in [0.15, 0.2) is 0 Å². The Labute approximate surface area is 109 Å². The van der Waals surface area contributed by atoms with Crippen molar-refractivity contribution in [1.82, 2.24) is 5.32 Å². The lowest BCUT2D eigenvalue weighted by atomic mass is 10.1. The highest BCUT2D eigenvalue weighted by Crippen LogP contribution is 2.24. The minimum Gasteiger partial charge on any atom is -0.309 e. The molecule has 0 spiro atoms. The predicted molar refractivity (Wildman–Crippen MR) is 76.7 cm³/mol. The summed E-state index contributed by atoms with van der Waals surface area (Å²) in [5.41, 5.74) is 1.66. The van der Waals surface area contributed by atoms with Gasteiger partial charge in [0.05, 0.1) is 0 Å². The van der Waals surface area contributed by atoms with Crippen molar-refractivity contribution in [3.8, 4) is 0 Å². The normalized spacial score (nSPS) is 17.2. The van der Waals surface area contributed by atoms with Crippen molar-refractivity contribution in [3.05, 3.63) is 33.5 Å². The number of rotatable bonds is 6. The molecule has 0 amide bonds. The molecule has 94 valence electrons. The van der Waals surface area contributed by atoms with Crippen LogP contribution in [-0.2, 0) is 6.42 Å². The van der Waals surface area contributed by atoms with E-state index >= 15 is 0 Å². The van der Waals surface area contributed by atoms with Crippen LogP contribution in [0.2, 0.25) is 0 Å². The van der Waals surface area contributed by atoms with E-state index in [0.717, 1.165) is 13.0 Å². The molecule has 2 heteroatoms. The molecule has 1 N–H and O–H groups in total. The van der Waals surface area contributed by atoms with Gasteiger partial charge in [-0.15, -0.1) is 11.3 Å². The van der Waals surface area contributed by atoms with E-state index in [1.807, 2.05) is 11.3 Å². The van der Waals surface area contributed by atoms with Crippen molar-refractivity contribution < 1.29 is 0 Å². The Hall–Kier alpha value is -0.600. The quantitative estimate of drug-likeness (QED) is 0.734. The van der Waals surface area contributed by atoms with Crippen LogP contribution in [0.3, 0.4) is 0 Å². The molecule has 0 saturated heterocycles. The van der Waals surface area contributed by atoms with Gasteiger partial charge in [0, 0.05) is 15.8 Å². The Morgan fingerprint density at radius 2 is 2.29 bits per heavy atom. The van der Waals surface area contributed by atoms with Crippen molar-refractivity contribution in [2.75, 3.05) is 6.54 Å². The summed E-state index contributed by atoms with van der Waals surface area (Å²) in [4.78, 5) is 2.97. The summed E-state index contributed by atoms with van der Waals surface area (Å²) in [6.45, 7) is 5.61. The lowest BCUT2D eigenvalue weighted by molar-refractivity contribution is 0.580. The zero-order valence-electron chi connectivity index (χ0n) is 11.0. The molecule has 0 radical (unpaired) electrons. The molecule has 1 nitrogen and oxygen atoms in total. The van der Waals surface area contributed by atoms with E-state index in [4.69, 9.17) is 0 Å². The number of aryl methyl sites for hydroxylation is 1. The van der Waals surface area contributed by atoms with E-state index in [1.54, 1.807) is 5.57 Å². The Balaban J connectivity index is 1.74. The third-order valence-electron chi connectivity index (χ3n) is 3.49. The predicted octanol–water partition coefficient (Wildman–Crippen LogP) is 4.46. The van der Waals surface area contributed by atoms with Gasteiger partial charge in [-0.25, -0.2) is 0 Å². The van der Waals surface area contributed by atoms with Gasteiger partial charge in [-0.3, -0.25) is 0 Å². The molecule has 1 aliphatic rings. The zero-order valence-corrected chi connectivity index (χ0v) is 11.8. The van der Waals surface area contributed by atoms with Crippen LogP contribution in [0.4, 0.5) is 0 Å². The topological polar surface area (TPSA) is 12.0 Å². The SMILES string of the molecule is CCc1ccc(C(C)NCCC2=CCCC2)s1. The first kappa shape index (κ1) is 12.8. The van der Waals surface area contributed by atoms with Crippen molar-refractivity contribution in [1.29, 1.82) is 0 Å². The largest absolute Gasteiger partial charge is 0.309 e. The van der Waals surface area contributed by atoms with Crippen LogP contribution in [0.15, 0.2) is 23.8 Å². The molecule has 1 unspecified atom stereocenters. The highest BCUT2D eigenvalue weighted by atomic mass is 32.1. The molecule has 0 saturated carbocycles. The molecule has 0 aliphatic heterocycles. The van der Waals surface area contributed by atoms with Crippen LogP contribution in [0, 0.1) is 0 Å². The standard InChI is InChI=1S/C15H23NS/c1-3-14-8-9-15(17-14)12(2)16-11-10-13-6-4-5-7-13/h6,8-9,12,16H,3-5,7,10-11H2,1-2H3. The molecule has 1 heterocycles. The maximum atomic E-state index is 3.63. The number of hydrogen-bond acceptors (Lipinski definition) is 2. The minimum absolute atomic E-state index is 0.502. The van der Waals surface area contributed by atoms with Crippen LogP contribution < -0.4 is 5.32 Å². The average molecular weight is 249 g/mol. The van der Waals surface area contributed by atoms with Crippen LogP contribution >= 0.6 is 11.3 Å². The third-order valence-corrected chi connectivity index (χ3v) is 4.90. The van der Waals surface area contributed by atoms with Gasteiger partial charge in [0.1, 0.15) is 0 Å². The Morgan fingerprint density at radius 3 is 2.94 bits per heavy atom. The summed E-state index contributed by atoms with van der Waals surface area (Å²) < 4.78 is 0. The maximum absolute atomic E-state index is 3.63. The Bertz CT molecular complexity index is 378. The molecular weight excluding hydrogens is 226 g/mol. The highest BCUT2D eigenvalue weighted by Gasteiger charge is 2.09. The van der Waals surface area contributed by atoms with Gasteiger partial charge in [0.2, 0.25) is 0 Å². The zero-order chi connectivity index (χ0) is 12.1. The van der Waals surface area contributed by atoms with E-state index in [0.29, 0.717) is 6.04 Å². The molecule has 2 rings (SSSR count). The van der Waals surface area contributed by atoms with Gasteiger partial charge in [-0.1, -0.05) is 18.6 Å². The smallest absolute Gasteiger partial charge is 0.0386 e. The molecule has 0 bridgehead atoms. The summed E-state index contributed by atoms with van der Waals surface area (Å²) in [6, 6.07) is 5.04. The summed E-state index contributed by atoms with van der Waals surface area (Å²) in [5.74, 6) is 0. The Kier molecular flexibility index (Phi) is 4.81. The minimum atomic E-state index is 0.502. The van der Waals surface area contributed by atoms with E-state index in [1.165, 1.54) is 35.4 Å². The molecule has 1 atom stereocenters. The number of thiophene rings is 1. The summed E-state index contributed by atoms with van der Waals surface area (Å²) in [5, 5.41) is 3.63.